The van der Waals surface area contributed by atoms with Gasteiger partial charge >= 0.3 is 0 Å². The lowest BCUT2D eigenvalue weighted by Crippen LogP contribution is -2.56. The third kappa shape index (κ3) is 4.59. The molecule has 2 N–H and O–H groups in total. The number of carbonyl (C=O) groups is 1. The van der Waals surface area contributed by atoms with Crippen LogP contribution in [0.2, 0.25) is 0 Å². The molecule has 0 radical (unpaired) electrons. The molecule has 0 unspecified atom stereocenters. The number of anilines is 1. The molecule has 164 valence electrons. The maximum absolute atomic E-state index is 13.2. The average molecular weight is 421 g/mol. The van der Waals surface area contributed by atoms with E-state index in [2.05, 4.69) is 49.6 Å². The van der Waals surface area contributed by atoms with Crippen molar-refractivity contribution in [2.75, 3.05) is 25.5 Å². The molecular formula is C25H32N4O2. The fourth-order valence-corrected chi connectivity index (χ4v) is 4.35. The van der Waals surface area contributed by atoms with E-state index in [0.29, 0.717) is 19.5 Å². The van der Waals surface area contributed by atoms with Crippen molar-refractivity contribution in [2.45, 2.75) is 51.2 Å². The molecular weight excluding hydrogens is 388 g/mol. The van der Waals surface area contributed by atoms with E-state index in [9.17, 15) is 4.79 Å². The highest BCUT2D eigenvalue weighted by atomic mass is 16.5. The van der Waals surface area contributed by atoms with Gasteiger partial charge in [0.25, 0.3) is 0 Å². The van der Waals surface area contributed by atoms with E-state index in [-0.39, 0.29) is 17.0 Å². The molecule has 1 saturated heterocycles. The van der Waals surface area contributed by atoms with Gasteiger partial charge in [-0.05, 0) is 44.9 Å². The molecule has 2 aliphatic rings. The number of para-hydroxylation sites is 2. The number of hydrogen-bond acceptors (Lipinski definition) is 4. The highest BCUT2D eigenvalue weighted by Crippen LogP contribution is 2.31. The predicted molar refractivity (Wildman–Crippen MR) is 125 cm³/mol. The first-order chi connectivity index (χ1) is 14.8. The second-order valence-corrected chi connectivity index (χ2v) is 9.40. The molecule has 1 atom stereocenters. The van der Waals surface area contributed by atoms with E-state index in [1.54, 1.807) is 7.11 Å². The monoisotopic (exact) mass is 420 g/mol. The summed E-state index contributed by atoms with van der Waals surface area (Å²) < 4.78 is 5.43. The van der Waals surface area contributed by atoms with Crippen molar-refractivity contribution in [2.24, 2.45) is 4.99 Å². The van der Waals surface area contributed by atoms with Crippen LogP contribution in [0.25, 0.3) is 0 Å². The Balaban J connectivity index is 1.59. The summed E-state index contributed by atoms with van der Waals surface area (Å²) in [5.74, 6) is 1.78. The molecule has 0 aromatic heterocycles. The summed E-state index contributed by atoms with van der Waals surface area (Å²) in [5, 5.41) is 7.35. The molecule has 0 bridgehead atoms. The highest BCUT2D eigenvalue weighted by Gasteiger charge is 2.45. The molecule has 1 fully saturated rings. The van der Waals surface area contributed by atoms with Crippen LogP contribution < -0.4 is 15.4 Å². The number of likely N-dealkylation sites (tertiary alicyclic amines) is 1. The molecule has 31 heavy (non-hydrogen) atoms. The third-order valence-electron chi connectivity index (χ3n) is 5.94. The van der Waals surface area contributed by atoms with Crippen molar-refractivity contribution in [1.82, 2.24) is 10.2 Å². The number of hydrogen-bond donors (Lipinski definition) is 2. The van der Waals surface area contributed by atoms with Gasteiger partial charge in [0.05, 0.1) is 24.6 Å². The Labute approximate surface area is 184 Å². The summed E-state index contributed by atoms with van der Waals surface area (Å²) in [7, 11) is 1.64. The molecule has 6 nitrogen and oxygen atoms in total. The summed E-state index contributed by atoms with van der Waals surface area (Å²) in [6, 6.07) is 16.0. The smallest absolute Gasteiger partial charge is 0.227 e. The lowest BCUT2D eigenvalue weighted by Gasteiger charge is -2.32. The molecule has 2 heterocycles. The van der Waals surface area contributed by atoms with Gasteiger partial charge in [-0.1, -0.05) is 36.4 Å². The zero-order valence-electron chi connectivity index (χ0n) is 18.9. The number of rotatable bonds is 3. The second-order valence-electron chi connectivity index (χ2n) is 9.40. The van der Waals surface area contributed by atoms with Gasteiger partial charge in [-0.25, -0.2) is 0 Å². The highest BCUT2D eigenvalue weighted by molar-refractivity contribution is 6.04. The third-order valence-corrected chi connectivity index (χ3v) is 5.94. The number of nitrogens with one attached hydrogen (secondary N) is 2. The van der Waals surface area contributed by atoms with Crippen molar-refractivity contribution in [3.63, 3.8) is 0 Å². The maximum Gasteiger partial charge on any atom is 0.227 e. The van der Waals surface area contributed by atoms with Crippen LogP contribution in [0.4, 0.5) is 5.69 Å². The summed E-state index contributed by atoms with van der Waals surface area (Å²) in [4.78, 5) is 20.2. The van der Waals surface area contributed by atoms with E-state index in [4.69, 9.17) is 9.73 Å². The molecule has 1 amide bonds. The van der Waals surface area contributed by atoms with Crippen molar-refractivity contribution < 1.29 is 9.53 Å². The number of benzene rings is 2. The number of methoxy groups -OCH3 is 1. The van der Waals surface area contributed by atoms with Crippen molar-refractivity contribution in [3.05, 3.63) is 59.7 Å². The van der Waals surface area contributed by atoms with Crippen LogP contribution in [0.15, 0.2) is 53.5 Å². The zero-order chi connectivity index (χ0) is 22.1. The van der Waals surface area contributed by atoms with Gasteiger partial charge < -0.3 is 15.0 Å². The largest absolute Gasteiger partial charge is 0.496 e. The van der Waals surface area contributed by atoms with Gasteiger partial charge in [-0.3, -0.25) is 15.1 Å². The molecule has 6 heteroatoms. The Morgan fingerprint density at radius 3 is 2.68 bits per heavy atom. The summed E-state index contributed by atoms with van der Waals surface area (Å²) >= 11 is 0. The minimum Gasteiger partial charge on any atom is -0.496 e. The Kier molecular flexibility index (Phi) is 5.75. The average Bonchev–Trinajstić information content (AvgIpc) is 3.12. The fourth-order valence-electron chi connectivity index (χ4n) is 4.35. The van der Waals surface area contributed by atoms with Gasteiger partial charge in [0.1, 0.15) is 11.6 Å². The van der Waals surface area contributed by atoms with Gasteiger partial charge in [0.15, 0.2) is 0 Å². The van der Waals surface area contributed by atoms with Crippen LogP contribution in [-0.4, -0.2) is 47.9 Å². The first kappa shape index (κ1) is 21.4. The molecule has 4 rings (SSSR count). The van der Waals surface area contributed by atoms with E-state index < -0.39 is 0 Å². The SMILES string of the molecule is COc1ccccc1CC(=O)N1CC[C@@]2(C1)NCc1ccccc1NC2=NC(C)(C)C. The van der Waals surface area contributed by atoms with Crippen molar-refractivity contribution in [1.29, 1.82) is 0 Å². The van der Waals surface area contributed by atoms with Crippen LogP contribution in [0.3, 0.4) is 0 Å². The first-order valence-electron chi connectivity index (χ1n) is 10.9. The topological polar surface area (TPSA) is 66.0 Å². The van der Waals surface area contributed by atoms with E-state index in [0.717, 1.165) is 35.8 Å². The van der Waals surface area contributed by atoms with Crippen molar-refractivity contribution >= 4 is 17.4 Å². The quantitative estimate of drug-likeness (QED) is 0.796. The zero-order valence-corrected chi connectivity index (χ0v) is 18.9. The number of nitrogens with zero attached hydrogens (tertiary/aromatic N) is 2. The fraction of sp³-hybridized carbons (Fsp3) is 0.440. The number of carbonyl (C=O) groups excluding carboxylic acids is 1. The Hall–Kier alpha value is -2.86. The predicted octanol–water partition coefficient (Wildman–Crippen LogP) is 3.62. The lowest BCUT2D eigenvalue weighted by molar-refractivity contribution is -0.129. The molecule has 2 aliphatic heterocycles. The molecule has 0 saturated carbocycles. The molecule has 0 aliphatic carbocycles. The minimum atomic E-state index is -0.386. The van der Waals surface area contributed by atoms with Crippen LogP contribution in [0.5, 0.6) is 5.75 Å². The standard InChI is InChI=1S/C25H32N4O2/c1-24(2,3)28-23-25(26-16-19-10-5-7-11-20(19)27-23)13-14-29(17-25)22(30)15-18-9-6-8-12-21(18)31-4/h5-12,26H,13-17H2,1-4H3,(H,27,28)/t25-/m0/s1. The number of ether oxygens (including phenoxy) is 1. The minimum absolute atomic E-state index is 0.111. The first-order valence-corrected chi connectivity index (χ1v) is 10.9. The van der Waals surface area contributed by atoms with E-state index in [1.807, 2.05) is 35.2 Å². The Bertz CT molecular complexity index is 995. The van der Waals surface area contributed by atoms with Gasteiger partial charge in [0.2, 0.25) is 5.91 Å². The molecule has 2 aromatic rings. The lowest BCUT2D eigenvalue weighted by atomic mass is 9.95. The summed E-state index contributed by atoms with van der Waals surface area (Å²) in [5.41, 5.74) is 2.58. The van der Waals surface area contributed by atoms with Gasteiger partial charge in [0, 0.05) is 30.9 Å². The normalized spacial score (nSPS) is 22.2. The number of fused-ring (bicyclic) bond motifs is 1. The van der Waals surface area contributed by atoms with Gasteiger partial charge in [-0.2, -0.15) is 0 Å². The van der Waals surface area contributed by atoms with Crippen LogP contribution >= 0.6 is 0 Å². The van der Waals surface area contributed by atoms with E-state index >= 15 is 0 Å². The Morgan fingerprint density at radius 1 is 1.16 bits per heavy atom. The summed E-state index contributed by atoms with van der Waals surface area (Å²) in [6.45, 7) is 8.34. The second kappa shape index (κ2) is 8.35. The van der Waals surface area contributed by atoms with E-state index in [1.165, 1.54) is 5.56 Å². The Morgan fingerprint density at radius 2 is 1.90 bits per heavy atom. The molecule has 1 spiro atoms. The van der Waals surface area contributed by atoms with Crippen LogP contribution in [0, 0.1) is 0 Å². The number of aliphatic imine (C=N–C) groups is 1. The van der Waals surface area contributed by atoms with Crippen molar-refractivity contribution in [3.8, 4) is 5.75 Å². The van der Waals surface area contributed by atoms with Crippen LogP contribution in [0.1, 0.15) is 38.3 Å². The molecule has 2 aromatic carbocycles. The van der Waals surface area contributed by atoms with Gasteiger partial charge in [-0.15, -0.1) is 0 Å². The maximum atomic E-state index is 13.2. The number of amidine groups is 1. The number of amides is 1. The summed E-state index contributed by atoms with van der Waals surface area (Å²) in [6.07, 6.45) is 1.15. The van der Waals surface area contributed by atoms with Crippen LogP contribution in [-0.2, 0) is 17.8 Å².